The fraction of sp³-hybridized carbons (Fsp3) is 0.125. The monoisotopic (exact) mass is 295 g/mol. The van der Waals surface area contributed by atoms with E-state index in [0.717, 1.165) is 28.0 Å². The molecule has 5 heteroatoms. The Morgan fingerprint density at radius 2 is 2.05 bits per heavy atom. The molecule has 0 aliphatic heterocycles. The van der Waals surface area contributed by atoms with Gasteiger partial charge in [-0.15, -0.1) is 0 Å². The third-order valence-electron chi connectivity index (χ3n) is 3.47. The van der Waals surface area contributed by atoms with Gasteiger partial charge in [0.25, 0.3) is 0 Å². The second kappa shape index (κ2) is 5.08. The zero-order valence-electron chi connectivity index (χ0n) is 11.7. The Balaban J connectivity index is 2.37. The number of aromatic amines is 1. The highest BCUT2D eigenvalue weighted by Gasteiger charge is 2.10. The second-order valence-corrected chi connectivity index (χ2v) is 5.15. The maximum Gasteiger partial charge on any atom is 0.182 e. The molecule has 0 saturated carbocycles. The van der Waals surface area contributed by atoms with Crippen molar-refractivity contribution in [3.8, 4) is 17.5 Å². The largest absolute Gasteiger partial charge is 0.497 e. The average molecular weight is 295 g/mol. The summed E-state index contributed by atoms with van der Waals surface area (Å²) in [6.45, 7) is 2.00. The number of nitrogens with one attached hydrogen (secondary N) is 1. The van der Waals surface area contributed by atoms with Crippen molar-refractivity contribution >= 4 is 23.3 Å². The molecular formula is C16H13N3OS. The van der Waals surface area contributed by atoms with Crippen molar-refractivity contribution in [1.29, 1.82) is 5.26 Å². The van der Waals surface area contributed by atoms with Crippen LogP contribution in [0.2, 0.25) is 0 Å². The summed E-state index contributed by atoms with van der Waals surface area (Å²) in [5.41, 5.74) is 4.42. The molecule has 4 nitrogen and oxygen atoms in total. The van der Waals surface area contributed by atoms with Crippen LogP contribution < -0.4 is 4.74 Å². The molecule has 3 rings (SSSR count). The summed E-state index contributed by atoms with van der Waals surface area (Å²) in [6.07, 6.45) is 0. The van der Waals surface area contributed by atoms with Gasteiger partial charge in [0.2, 0.25) is 0 Å². The van der Waals surface area contributed by atoms with Gasteiger partial charge in [-0.3, -0.25) is 4.57 Å². The molecule has 1 heterocycles. The van der Waals surface area contributed by atoms with E-state index in [0.29, 0.717) is 10.3 Å². The number of aromatic nitrogens is 2. The number of imidazole rings is 1. The lowest BCUT2D eigenvalue weighted by Crippen LogP contribution is -1.98. The van der Waals surface area contributed by atoms with Crippen LogP contribution in [0, 0.1) is 23.0 Å². The maximum absolute atomic E-state index is 9.10. The first kappa shape index (κ1) is 13.4. The van der Waals surface area contributed by atoms with Crippen LogP contribution in [0.4, 0.5) is 0 Å². The minimum absolute atomic E-state index is 0.594. The summed E-state index contributed by atoms with van der Waals surface area (Å²) < 4.78 is 7.81. The number of hydrogen-bond acceptors (Lipinski definition) is 3. The standard InChI is InChI=1S/C16H13N3OS/c1-10-3-4-11(9-17)7-14(10)19-15-8-12(20-2)5-6-13(15)18-16(19)21/h3-8H,1-2H3,(H,18,21). The van der Waals surface area contributed by atoms with Crippen LogP contribution >= 0.6 is 12.2 Å². The Hall–Kier alpha value is -2.58. The zero-order chi connectivity index (χ0) is 15.0. The second-order valence-electron chi connectivity index (χ2n) is 4.76. The molecule has 1 N–H and O–H groups in total. The summed E-state index contributed by atoms with van der Waals surface area (Å²) in [7, 11) is 1.63. The third-order valence-corrected chi connectivity index (χ3v) is 3.75. The van der Waals surface area contributed by atoms with Crippen LogP contribution in [-0.2, 0) is 0 Å². The molecule has 0 aliphatic carbocycles. The number of H-pyrrole nitrogens is 1. The summed E-state index contributed by atoms with van der Waals surface area (Å²) >= 11 is 5.44. The van der Waals surface area contributed by atoms with Gasteiger partial charge in [-0.25, -0.2) is 0 Å². The number of hydrogen-bond donors (Lipinski definition) is 1. The number of rotatable bonds is 2. The predicted molar refractivity (Wildman–Crippen MR) is 84.5 cm³/mol. The summed E-state index contributed by atoms with van der Waals surface area (Å²) in [5, 5.41) is 9.10. The highest BCUT2D eigenvalue weighted by Crippen LogP contribution is 2.26. The molecule has 1 aromatic heterocycles. The number of ether oxygens (including phenoxy) is 1. The zero-order valence-corrected chi connectivity index (χ0v) is 12.5. The van der Waals surface area contributed by atoms with Crippen LogP contribution in [0.25, 0.3) is 16.7 Å². The van der Waals surface area contributed by atoms with Crippen molar-refractivity contribution in [2.45, 2.75) is 6.92 Å². The predicted octanol–water partition coefficient (Wildman–Crippen LogP) is 3.88. The van der Waals surface area contributed by atoms with E-state index in [1.165, 1.54) is 0 Å². The summed E-state index contributed by atoms with van der Waals surface area (Å²) in [4.78, 5) is 3.18. The lowest BCUT2D eigenvalue weighted by atomic mass is 10.1. The van der Waals surface area contributed by atoms with Crippen LogP contribution in [-0.4, -0.2) is 16.7 Å². The van der Waals surface area contributed by atoms with Gasteiger partial charge in [0.15, 0.2) is 4.77 Å². The lowest BCUT2D eigenvalue weighted by molar-refractivity contribution is 0.415. The molecule has 0 radical (unpaired) electrons. The van der Waals surface area contributed by atoms with Crippen LogP contribution in [0.3, 0.4) is 0 Å². The number of aryl methyl sites for hydroxylation is 1. The van der Waals surface area contributed by atoms with Gasteiger partial charge >= 0.3 is 0 Å². The van der Waals surface area contributed by atoms with Crippen molar-refractivity contribution in [3.05, 3.63) is 52.3 Å². The Labute approximate surface area is 127 Å². The lowest BCUT2D eigenvalue weighted by Gasteiger charge is -2.09. The number of benzene rings is 2. The first-order chi connectivity index (χ1) is 10.1. The smallest absolute Gasteiger partial charge is 0.182 e. The van der Waals surface area contributed by atoms with E-state index in [4.69, 9.17) is 22.2 Å². The Morgan fingerprint density at radius 3 is 2.76 bits per heavy atom. The molecule has 0 atom stereocenters. The molecule has 3 aromatic rings. The van der Waals surface area contributed by atoms with Gasteiger partial charge in [-0.2, -0.15) is 5.26 Å². The highest BCUT2D eigenvalue weighted by molar-refractivity contribution is 7.71. The fourth-order valence-corrected chi connectivity index (χ4v) is 2.68. The van der Waals surface area contributed by atoms with E-state index in [-0.39, 0.29) is 0 Å². The SMILES string of the molecule is COc1ccc2[nH]c(=S)n(-c3cc(C#N)ccc3C)c2c1. The molecule has 0 spiro atoms. The van der Waals surface area contributed by atoms with E-state index in [1.807, 2.05) is 41.8 Å². The Bertz CT molecular complexity index is 931. The van der Waals surface area contributed by atoms with Crippen molar-refractivity contribution in [3.63, 3.8) is 0 Å². The molecule has 0 unspecified atom stereocenters. The molecule has 0 aliphatic rings. The molecule has 2 aromatic carbocycles. The first-order valence-corrected chi connectivity index (χ1v) is 6.85. The van der Waals surface area contributed by atoms with E-state index in [2.05, 4.69) is 11.1 Å². The minimum atomic E-state index is 0.594. The van der Waals surface area contributed by atoms with Gasteiger partial charge in [-0.1, -0.05) is 6.07 Å². The molecule has 0 bridgehead atoms. The van der Waals surface area contributed by atoms with E-state index < -0.39 is 0 Å². The molecular weight excluding hydrogens is 282 g/mol. The Kier molecular flexibility index (Phi) is 3.24. The van der Waals surface area contributed by atoms with Crippen molar-refractivity contribution in [2.24, 2.45) is 0 Å². The van der Waals surface area contributed by atoms with Crippen LogP contribution in [0.1, 0.15) is 11.1 Å². The molecule has 104 valence electrons. The minimum Gasteiger partial charge on any atom is -0.497 e. The van der Waals surface area contributed by atoms with Gasteiger partial charge < -0.3 is 9.72 Å². The van der Waals surface area contributed by atoms with Crippen molar-refractivity contribution < 1.29 is 4.74 Å². The highest BCUT2D eigenvalue weighted by atomic mass is 32.1. The fourth-order valence-electron chi connectivity index (χ4n) is 2.37. The van der Waals surface area contributed by atoms with E-state index in [9.17, 15) is 0 Å². The number of fused-ring (bicyclic) bond motifs is 1. The van der Waals surface area contributed by atoms with Gasteiger partial charge in [-0.05, 0) is 49.0 Å². The number of methoxy groups -OCH3 is 1. The van der Waals surface area contributed by atoms with Gasteiger partial charge in [0.05, 0.1) is 35.5 Å². The molecule has 0 amide bonds. The molecule has 21 heavy (non-hydrogen) atoms. The summed E-state index contributed by atoms with van der Waals surface area (Å²) in [5.74, 6) is 0.763. The van der Waals surface area contributed by atoms with Crippen molar-refractivity contribution in [1.82, 2.24) is 9.55 Å². The number of nitriles is 1. The Morgan fingerprint density at radius 1 is 1.24 bits per heavy atom. The van der Waals surface area contributed by atoms with Crippen LogP contribution in [0.5, 0.6) is 5.75 Å². The average Bonchev–Trinajstić information content (AvgIpc) is 2.82. The molecule has 0 saturated heterocycles. The third kappa shape index (κ3) is 2.20. The van der Waals surface area contributed by atoms with Gasteiger partial charge in [0, 0.05) is 6.07 Å². The topological polar surface area (TPSA) is 53.7 Å². The molecule has 0 fully saturated rings. The normalized spacial score (nSPS) is 10.5. The number of nitrogens with zero attached hydrogens (tertiary/aromatic N) is 2. The first-order valence-electron chi connectivity index (χ1n) is 6.44. The van der Waals surface area contributed by atoms with Gasteiger partial charge in [0.1, 0.15) is 5.75 Å². The van der Waals surface area contributed by atoms with Crippen molar-refractivity contribution in [2.75, 3.05) is 7.11 Å². The van der Waals surface area contributed by atoms with Crippen LogP contribution in [0.15, 0.2) is 36.4 Å². The van der Waals surface area contributed by atoms with E-state index in [1.54, 1.807) is 13.2 Å². The summed E-state index contributed by atoms with van der Waals surface area (Å²) in [6, 6.07) is 13.5. The quantitative estimate of drug-likeness (QED) is 0.730. The maximum atomic E-state index is 9.10. The van der Waals surface area contributed by atoms with E-state index >= 15 is 0 Å².